The Balaban J connectivity index is 1.75. The van der Waals surface area contributed by atoms with E-state index in [9.17, 15) is 18.0 Å². The largest absolute Gasteiger partial charge is 0.417 e. The minimum absolute atomic E-state index is 0.0477. The van der Waals surface area contributed by atoms with E-state index in [-0.39, 0.29) is 22.2 Å². The lowest BCUT2D eigenvalue weighted by atomic mass is 9.54. The van der Waals surface area contributed by atoms with Crippen LogP contribution < -0.4 is 0 Å². The first-order chi connectivity index (χ1) is 12.3. The normalized spacial score (nSPS) is 28.3. The van der Waals surface area contributed by atoms with Gasteiger partial charge in [-0.25, -0.2) is 0 Å². The molecule has 4 nitrogen and oxygen atoms in total. The van der Waals surface area contributed by atoms with Gasteiger partial charge >= 0.3 is 6.18 Å². The van der Waals surface area contributed by atoms with E-state index in [0.29, 0.717) is 0 Å². The van der Waals surface area contributed by atoms with Crippen molar-refractivity contribution in [2.24, 2.45) is 12.5 Å². The highest BCUT2D eigenvalue weighted by Gasteiger charge is 2.51. The van der Waals surface area contributed by atoms with Gasteiger partial charge in [-0.1, -0.05) is 18.2 Å². The number of hydrogen-bond donors (Lipinski definition) is 0. The molecule has 1 aromatic heterocycles. The zero-order valence-electron chi connectivity index (χ0n) is 14.5. The fourth-order valence-electron chi connectivity index (χ4n) is 4.68. The Morgan fingerprint density at radius 1 is 1.04 bits per heavy atom. The van der Waals surface area contributed by atoms with Crippen molar-refractivity contribution in [2.75, 3.05) is 0 Å². The summed E-state index contributed by atoms with van der Waals surface area (Å²) >= 11 is 0. The van der Waals surface area contributed by atoms with Crippen LogP contribution in [0.3, 0.4) is 0 Å². The van der Waals surface area contributed by atoms with Crippen LogP contribution in [0.2, 0.25) is 0 Å². The van der Waals surface area contributed by atoms with E-state index in [2.05, 4.69) is 10.2 Å². The maximum atomic E-state index is 13.4. The molecule has 1 heterocycles. The highest BCUT2D eigenvalue weighted by atomic mass is 19.4. The molecule has 0 radical (unpaired) electrons. The molecule has 0 unspecified atom stereocenters. The predicted molar refractivity (Wildman–Crippen MR) is 89.3 cm³/mol. The topological polar surface area (TPSA) is 47.8 Å². The second-order valence-corrected chi connectivity index (χ2v) is 7.71. The van der Waals surface area contributed by atoms with Crippen molar-refractivity contribution < 1.29 is 18.0 Å². The second-order valence-electron chi connectivity index (χ2n) is 7.71. The van der Waals surface area contributed by atoms with Crippen molar-refractivity contribution in [1.82, 2.24) is 14.8 Å². The van der Waals surface area contributed by atoms with Gasteiger partial charge in [-0.2, -0.15) is 13.2 Å². The third kappa shape index (κ3) is 2.47. The van der Waals surface area contributed by atoms with Gasteiger partial charge in [-0.3, -0.25) is 0 Å². The molecule has 2 aromatic rings. The lowest BCUT2D eigenvalue weighted by Gasteiger charge is -2.50. The van der Waals surface area contributed by atoms with Gasteiger partial charge in [0, 0.05) is 23.4 Å². The van der Waals surface area contributed by atoms with E-state index in [1.54, 1.807) is 17.7 Å². The summed E-state index contributed by atoms with van der Waals surface area (Å²) < 4.78 is 41.8. The molecular weight excluding hydrogens is 343 g/mol. The molecule has 26 heavy (non-hydrogen) atoms. The molecule has 0 N–H and O–H groups in total. The van der Waals surface area contributed by atoms with Crippen LogP contribution in [0.4, 0.5) is 13.2 Å². The summed E-state index contributed by atoms with van der Waals surface area (Å²) in [6.45, 7) is 0. The molecule has 0 saturated heterocycles. The zero-order chi connectivity index (χ0) is 18.6. The second kappa shape index (κ2) is 5.66. The van der Waals surface area contributed by atoms with Crippen LogP contribution in [0.1, 0.15) is 49.9 Å². The highest BCUT2D eigenvalue weighted by Crippen LogP contribution is 2.56. The first kappa shape index (κ1) is 17.2. The first-order valence-corrected chi connectivity index (χ1v) is 8.83. The summed E-state index contributed by atoms with van der Waals surface area (Å²) in [5.41, 5.74) is -1.04. The van der Waals surface area contributed by atoms with Crippen molar-refractivity contribution in [3.8, 4) is 11.4 Å². The highest BCUT2D eigenvalue weighted by molar-refractivity contribution is 5.62. The molecule has 1 aromatic carbocycles. The SMILES string of the molecule is Cn1c(-c2ccccc2C(F)(F)F)nnc1C12CCC(C=O)(CC1)CC2. The minimum atomic E-state index is -4.44. The van der Waals surface area contributed by atoms with Gasteiger partial charge in [0.25, 0.3) is 0 Å². The summed E-state index contributed by atoms with van der Waals surface area (Å²) in [6.07, 6.45) is 1.60. The predicted octanol–water partition coefficient (Wildman–Crippen LogP) is 4.29. The molecule has 3 aliphatic rings. The number of carbonyl (C=O) groups is 1. The van der Waals surface area contributed by atoms with Crippen LogP contribution in [0, 0.1) is 5.41 Å². The molecule has 3 fully saturated rings. The molecule has 3 saturated carbocycles. The summed E-state index contributed by atoms with van der Waals surface area (Å²) in [5.74, 6) is 0.976. The van der Waals surface area contributed by atoms with Crippen LogP contribution >= 0.6 is 0 Å². The van der Waals surface area contributed by atoms with Crippen molar-refractivity contribution in [3.63, 3.8) is 0 Å². The first-order valence-electron chi connectivity index (χ1n) is 8.83. The van der Waals surface area contributed by atoms with Gasteiger partial charge in [-0.15, -0.1) is 10.2 Å². The van der Waals surface area contributed by atoms with Gasteiger partial charge in [-0.05, 0) is 44.6 Å². The summed E-state index contributed by atoms with van der Waals surface area (Å²) in [6, 6.07) is 5.47. The monoisotopic (exact) mass is 363 g/mol. The van der Waals surface area contributed by atoms with Crippen LogP contribution in [0.15, 0.2) is 24.3 Å². The number of halogens is 3. The molecule has 0 atom stereocenters. The average molecular weight is 363 g/mol. The van der Waals surface area contributed by atoms with Gasteiger partial charge in [0.15, 0.2) is 5.82 Å². The third-order valence-corrected chi connectivity index (χ3v) is 6.38. The van der Waals surface area contributed by atoms with Crippen molar-refractivity contribution >= 4 is 6.29 Å². The zero-order valence-corrected chi connectivity index (χ0v) is 14.5. The Morgan fingerprint density at radius 2 is 1.65 bits per heavy atom. The number of fused-ring (bicyclic) bond motifs is 3. The number of rotatable bonds is 3. The van der Waals surface area contributed by atoms with Crippen molar-refractivity contribution in [2.45, 2.75) is 50.1 Å². The smallest absolute Gasteiger partial charge is 0.314 e. The summed E-state index contributed by atoms with van der Waals surface area (Å²) in [4.78, 5) is 11.4. The van der Waals surface area contributed by atoms with Gasteiger partial charge in [0.05, 0.1) is 5.56 Å². The fraction of sp³-hybridized carbons (Fsp3) is 0.526. The van der Waals surface area contributed by atoms with E-state index in [0.717, 1.165) is 56.7 Å². The number of aldehydes is 1. The lowest BCUT2D eigenvalue weighted by molar-refractivity contribution is -0.137. The Bertz CT molecular complexity index is 831. The summed E-state index contributed by atoms with van der Waals surface area (Å²) in [5, 5.41) is 8.44. The maximum Gasteiger partial charge on any atom is 0.417 e. The van der Waals surface area contributed by atoms with E-state index in [1.165, 1.54) is 12.1 Å². The van der Waals surface area contributed by atoms with Gasteiger partial charge in [0.1, 0.15) is 12.1 Å². The van der Waals surface area contributed by atoms with E-state index in [1.807, 2.05) is 0 Å². The molecule has 3 aliphatic carbocycles. The molecule has 5 rings (SSSR count). The quantitative estimate of drug-likeness (QED) is 0.764. The number of carbonyl (C=O) groups excluding carboxylic acids is 1. The Labute approximate surface area is 149 Å². The Morgan fingerprint density at radius 3 is 2.23 bits per heavy atom. The number of hydrogen-bond acceptors (Lipinski definition) is 3. The van der Waals surface area contributed by atoms with Crippen LogP contribution in [-0.4, -0.2) is 21.1 Å². The maximum absolute atomic E-state index is 13.4. The Kier molecular flexibility index (Phi) is 3.75. The molecule has 0 spiro atoms. The van der Waals surface area contributed by atoms with Gasteiger partial charge < -0.3 is 9.36 Å². The van der Waals surface area contributed by atoms with E-state index < -0.39 is 11.7 Å². The van der Waals surface area contributed by atoms with Gasteiger partial charge in [0.2, 0.25) is 0 Å². The Hall–Kier alpha value is -2.18. The van der Waals surface area contributed by atoms with E-state index >= 15 is 0 Å². The molecule has 7 heteroatoms. The van der Waals surface area contributed by atoms with E-state index in [4.69, 9.17) is 0 Å². The van der Waals surface area contributed by atoms with Crippen molar-refractivity contribution in [3.05, 3.63) is 35.7 Å². The standard InChI is InChI=1S/C19H20F3N3O/c1-25-15(13-4-2-3-5-14(13)19(20,21)22)23-24-16(25)18-9-6-17(12-26,7-10-18)8-11-18/h2-5,12H,6-11H2,1H3. The summed E-state index contributed by atoms with van der Waals surface area (Å²) in [7, 11) is 1.74. The van der Waals surface area contributed by atoms with Crippen LogP contribution in [0.25, 0.3) is 11.4 Å². The molecule has 0 amide bonds. The van der Waals surface area contributed by atoms with Crippen molar-refractivity contribution in [1.29, 1.82) is 0 Å². The number of nitrogens with zero attached hydrogens (tertiary/aromatic N) is 3. The lowest BCUT2D eigenvalue weighted by Crippen LogP contribution is -2.46. The number of alkyl halides is 3. The number of benzene rings is 1. The molecule has 138 valence electrons. The average Bonchev–Trinajstić information content (AvgIpc) is 3.04. The molecule has 2 bridgehead atoms. The van der Waals surface area contributed by atoms with Crippen LogP contribution in [-0.2, 0) is 23.4 Å². The molecular formula is C19H20F3N3O. The number of aromatic nitrogens is 3. The fourth-order valence-corrected chi connectivity index (χ4v) is 4.68. The van der Waals surface area contributed by atoms with Crippen LogP contribution in [0.5, 0.6) is 0 Å². The third-order valence-electron chi connectivity index (χ3n) is 6.38. The minimum Gasteiger partial charge on any atom is -0.314 e. The molecule has 0 aliphatic heterocycles.